The van der Waals surface area contributed by atoms with Gasteiger partial charge in [-0.2, -0.15) is 0 Å². The van der Waals surface area contributed by atoms with E-state index in [9.17, 15) is 14.7 Å². The van der Waals surface area contributed by atoms with E-state index in [2.05, 4.69) is 20.9 Å². The highest BCUT2D eigenvalue weighted by molar-refractivity contribution is 9.10. The van der Waals surface area contributed by atoms with Gasteiger partial charge in [-0.3, -0.25) is 9.36 Å². The minimum absolute atomic E-state index is 0.0412. The zero-order chi connectivity index (χ0) is 26.9. The van der Waals surface area contributed by atoms with Gasteiger partial charge in [0.1, 0.15) is 5.75 Å². The monoisotopic (exact) mass is 586 g/mol. The molecule has 0 spiro atoms. The lowest BCUT2D eigenvalue weighted by Gasteiger charge is -2.25. The molecule has 3 aromatic rings. The number of nitrogens with zero attached hydrogens (tertiary/aromatic N) is 2. The van der Waals surface area contributed by atoms with E-state index in [1.807, 2.05) is 13.8 Å². The lowest BCUT2D eigenvalue weighted by Crippen LogP contribution is -2.40. The molecule has 0 radical (unpaired) electrons. The maximum Gasteiger partial charge on any atom is 0.338 e. The van der Waals surface area contributed by atoms with Gasteiger partial charge in [-0.1, -0.05) is 33.3 Å². The molecule has 1 aliphatic rings. The summed E-state index contributed by atoms with van der Waals surface area (Å²) in [6, 6.07) is 9.52. The number of benzene rings is 2. The van der Waals surface area contributed by atoms with Crippen molar-refractivity contribution in [3.63, 3.8) is 0 Å². The van der Waals surface area contributed by atoms with Crippen LogP contribution < -0.4 is 24.4 Å². The zero-order valence-corrected chi connectivity index (χ0v) is 23.5. The van der Waals surface area contributed by atoms with E-state index in [1.54, 1.807) is 56.3 Å². The lowest BCUT2D eigenvalue weighted by molar-refractivity contribution is -0.139. The van der Waals surface area contributed by atoms with Crippen molar-refractivity contribution in [1.82, 2.24) is 4.57 Å². The number of hydrogen-bond donors (Lipinski definition) is 1. The Morgan fingerprint density at radius 2 is 2.00 bits per heavy atom. The summed E-state index contributed by atoms with van der Waals surface area (Å²) in [5.41, 5.74) is 1.51. The van der Waals surface area contributed by atoms with E-state index in [4.69, 9.17) is 14.2 Å². The molecule has 1 aromatic heterocycles. The molecule has 2 aromatic carbocycles. The van der Waals surface area contributed by atoms with Gasteiger partial charge in [0, 0.05) is 10.0 Å². The van der Waals surface area contributed by atoms with Crippen LogP contribution in [-0.2, 0) is 9.53 Å². The highest BCUT2D eigenvalue weighted by atomic mass is 79.9. The summed E-state index contributed by atoms with van der Waals surface area (Å²) < 4.78 is 19.4. The Morgan fingerprint density at radius 3 is 2.68 bits per heavy atom. The summed E-state index contributed by atoms with van der Waals surface area (Å²) in [5, 5.41) is 10.3. The average molecular weight is 587 g/mol. The molecule has 4 rings (SSSR count). The molecule has 1 aliphatic heterocycles. The van der Waals surface area contributed by atoms with Gasteiger partial charge in [-0.05, 0) is 69.7 Å². The van der Waals surface area contributed by atoms with Gasteiger partial charge in [0.15, 0.2) is 16.3 Å². The predicted molar refractivity (Wildman–Crippen MR) is 145 cm³/mol. The molecule has 0 amide bonds. The summed E-state index contributed by atoms with van der Waals surface area (Å²) >= 11 is 4.58. The first-order valence-electron chi connectivity index (χ1n) is 11.7. The quantitative estimate of drug-likeness (QED) is 0.419. The lowest BCUT2D eigenvalue weighted by atomic mass is 9.95. The number of hydrogen-bond acceptors (Lipinski definition) is 8. The van der Waals surface area contributed by atoms with Crippen LogP contribution in [0.2, 0.25) is 0 Å². The van der Waals surface area contributed by atoms with Crippen LogP contribution in [0.4, 0.5) is 0 Å². The molecular weight excluding hydrogens is 560 g/mol. The number of phenols is 1. The third kappa shape index (κ3) is 5.35. The number of rotatable bonds is 7. The van der Waals surface area contributed by atoms with E-state index >= 15 is 0 Å². The summed E-state index contributed by atoms with van der Waals surface area (Å²) in [5.74, 6) is 0.524. The molecule has 0 bridgehead atoms. The van der Waals surface area contributed by atoms with Crippen molar-refractivity contribution in [3.05, 3.63) is 83.0 Å². The van der Waals surface area contributed by atoms with Gasteiger partial charge in [0.25, 0.3) is 5.56 Å². The predicted octanol–water partition coefficient (Wildman–Crippen LogP) is 4.06. The number of phenolic OH excluding ortho intramolecular Hbond substituents is 1. The average Bonchev–Trinajstić information content (AvgIpc) is 3.15. The number of aromatic nitrogens is 1. The number of allylic oxidation sites excluding steroid dienone is 1. The molecule has 1 unspecified atom stereocenters. The number of carbonyl (C=O) groups is 1. The molecule has 1 atom stereocenters. The van der Waals surface area contributed by atoms with E-state index in [0.29, 0.717) is 37.7 Å². The Bertz CT molecular complexity index is 1570. The second-order valence-corrected chi connectivity index (χ2v) is 10.5. The molecule has 0 fully saturated rings. The van der Waals surface area contributed by atoms with Crippen LogP contribution in [0.5, 0.6) is 17.2 Å². The Labute approximate surface area is 226 Å². The number of thiazole rings is 1. The van der Waals surface area contributed by atoms with Crippen LogP contribution in [-0.4, -0.2) is 35.5 Å². The number of esters is 1. The maximum absolute atomic E-state index is 13.8. The first-order valence-corrected chi connectivity index (χ1v) is 13.3. The fraction of sp³-hybridized carbons (Fsp3) is 0.296. The number of ether oxygens (including phenoxy) is 3. The number of aromatic hydroxyl groups is 1. The topological polar surface area (TPSA) is 99.4 Å². The largest absolute Gasteiger partial charge is 0.507 e. The maximum atomic E-state index is 13.8. The second kappa shape index (κ2) is 10.9. The van der Waals surface area contributed by atoms with Crippen molar-refractivity contribution in [3.8, 4) is 17.2 Å². The Balaban J connectivity index is 1.96. The first-order chi connectivity index (χ1) is 17.6. The van der Waals surface area contributed by atoms with Crippen LogP contribution in [0.3, 0.4) is 0 Å². The molecule has 2 heterocycles. The fourth-order valence-electron chi connectivity index (χ4n) is 4.09. The highest BCUT2D eigenvalue weighted by Gasteiger charge is 2.34. The van der Waals surface area contributed by atoms with Gasteiger partial charge in [-0.15, -0.1) is 0 Å². The van der Waals surface area contributed by atoms with Crippen molar-refractivity contribution in [2.24, 2.45) is 4.99 Å². The first kappa shape index (κ1) is 26.7. The van der Waals surface area contributed by atoms with Gasteiger partial charge in [-0.25, -0.2) is 9.79 Å². The molecule has 10 heteroatoms. The Hall–Kier alpha value is -3.37. The van der Waals surface area contributed by atoms with Crippen LogP contribution in [0.1, 0.15) is 44.9 Å². The number of carbonyl (C=O) groups excluding carboxylic acids is 1. The van der Waals surface area contributed by atoms with E-state index in [1.165, 1.54) is 23.0 Å². The normalized spacial score (nSPS) is 15.4. The minimum Gasteiger partial charge on any atom is -0.507 e. The van der Waals surface area contributed by atoms with E-state index in [0.717, 1.165) is 4.47 Å². The summed E-state index contributed by atoms with van der Waals surface area (Å²) in [6.07, 6.45) is 1.55. The third-order valence-corrected chi connectivity index (χ3v) is 7.14. The Morgan fingerprint density at radius 1 is 1.24 bits per heavy atom. The summed E-state index contributed by atoms with van der Waals surface area (Å²) in [4.78, 5) is 31.9. The zero-order valence-electron chi connectivity index (χ0n) is 21.1. The van der Waals surface area contributed by atoms with Crippen molar-refractivity contribution in [2.45, 2.75) is 39.8 Å². The number of halogens is 1. The van der Waals surface area contributed by atoms with Crippen molar-refractivity contribution in [2.75, 3.05) is 13.7 Å². The minimum atomic E-state index is -0.796. The fourth-order valence-corrected chi connectivity index (χ4v) is 5.51. The molecule has 1 N–H and O–H groups in total. The summed E-state index contributed by atoms with van der Waals surface area (Å²) in [7, 11) is 1.54. The molecule has 8 nitrogen and oxygen atoms in total. The van der Waals surface area contributed by atoms with Crippen molar-refractivity contribution in [1.29, 1.82) is 0 Å². The smallest absolute Gasteiger partial charge is 0.338 e. The van der Waals surface area contributed by atoms with Crippen LogP contribution >= 0.6 is 27.3 Å². The number of fused-ring (bicyclic) bond motifs is 1. The van der Waals surface area contributed by atoms with Crippen LogP contribution in [0, 0.1) is 0 Å². The van der Waals surface area contributed by atoms with Gasteiger partial charge in [0.2, 0.25) is 0 Å². The molecule has 194 valence electrons. The third-order valence-electron chi connectivity index (χ3n) is 5.66. The molecular formula is C27H27BrN2O6S. The van der Waals surface area contributed by atoms with Crippen molar-refractivity contribution < 1.29 is 24.1 Å². The van der Waals surface area contributed by atoms with Gasteiger partial charge >= 0.3 is 5.97 Å². The van der Waals surface area contributed by atoms with Crippen LogP contribution in [0.25, 0.3) is 6.08 Å². The molecule has 0 saturated carbocycles. The van der Waals surface area contributed by atoms with E-state index in [-0.39, 0.29) is 29.6 Å². The SMILES string of the molecule is CCOC(=O)C1=C(C)N=c2sc(=Cc3cc(Br)ccc3O)c(=O)n2C1c1ccc(OC(C)C)c(OC)c1. The Kier molecular flexibility index (Phi) is 7.89. The molecule has 0 aliphatic carbocycles. The highest BCUT2D eigenvalue weighted by Crippen LogP contribution is 2.36. The van der Waals surface area contributed by atoms with Gasteiger partial charge < -0.3 is 19.3 Å². The van der Waals surface area contributed by atoms with Crippen molar-refractivity contribution >= 4 is 39.3 Å². The summed E-state index contributed by atoms with van der Waals surface area (Å²) in [6.45, 7) is 7.46. The van der Waals surface area contributed by atoms with Gasteiger partial charge in [0.05, 0.1) is 41.7 Å². The van der Waals surface area contributed by atoms with E-state index < -0.39 is 12.0 Å². The molecule has 0 saturated heterocycles. The second-order valence-electron chi connectivity index (χ2n) is 8.58. The molecule has 37 heavy (non-hydrogen) atoms. The van der Waals surface area contributed by atoms with Crippen LogP contribution in [0.15, 0.2) is 61.9 Å². The number of methoxy groups -OCH3 is 1. The standard InChI is InChI=1S/C27H27BrN2O6S/c1-6-35-26(33)23-15(4)29-27-30(24(23)16-7-10-20(36-14(2)3)21(12-16)34-5)25(32)22(37-27)13-17-11-18(28)8-9-19(17)31/h7-14,24,31H,6H2,1-5H3.